The lowest BCUT2D eigenvalue weighted by atomic mass is 10.0. The molecule has 3 aromatic rings. The van der Waals surface area contributed by atoms with Crippen molar-refractivity contribution in [2.45, 2.75) is 13.0 Å². The molecule has 0 saturated heterocycles. The molecule has 2 aromatic carbocycles. The summed E-state index contributed by atoms with van der Waals surface area (Å²) in [6, 6.07) is 14.1. The summed E-state index contributed by atoms with van der Waals surface area (Å²) < 4.78 is 0. The van der Waals surface area contributed by atoms with Crippen LogP contribution in [0.3, 0.4) is 0 Å². The van der Waals surface area contributed by atoms with Gasteiger partial charge in [-0.2, -0.15) is 0 Å². The van der Waals surface area contributed by atoms with E-state index in [1.54, 1.807) is 0 Å². The zero-order valence-corrected chi connectivity index (χ0v) is 12.2. The molecule has 3 N–H and O–H groups in total. The van der Waals surface area contributed by atoms with Crippen LogP contribution < -0.4 is 11.1 Å². The molecule has 0 aliphatic rings. The number of nitrogens with one attached hydrogen (secondary N) is 1. The Balaban J connectivity index is 1.82. The van der Waals surface area contributed by atoms with Gasteiger partial charge in [-0.15, -0.1) is 0 Å². The molecule has 1 aromatic heterocycles. The molecular weight excluding hydrogens is 276 g/mol. The van der Waals surface area contributed by atoms with Gasteiger partial charge in [0.25, 0.3) is 5.91 Å². The first kappa shape index (κ1) is 14.0. The van der Waals surface area contributed by atoms with Gasteiger partial charge in [0.15, 0.2) is 11.5 Å². The highest BCUT2D eigenvalue weighted by atomic mass is 16.2. The van der Waals surface area contributed by atoms with E-state index in [2.05, 4.69) is 27.4 Å². The lowest BCUT2D eigenvalue weighted by Gasteiger charge is -2.15. The van der Waals surface area contributed by atoms with Crippen molar-refractivity contribution >= 4 is 22.5 Å². The summed E-state index contributed by atoms with van der Waals surface area (Å²) >= 11 is 0. The van der Waals surface area contributed by atoms with E-state index in [4.69, 9.17) is 5.73 Å². The molecule has 5 heteroatoms. The van der Waals surface area contributed by atoms with Crippen LogP contribution >= 0.6 is 0 Å². The molecule has 0 saturated carbocycles. The van der Waals surface area contributed by atoms with Crippen molar-refractivity contribution in [1.82, 2.24) is 15.3 Å². The van der Waals surface area contributed by atoms with Gasteiger partial charge in [-0.25, -0.2) is 9.97 Å². The Morgan fingerprint density at radius 2 is 1.82 bits per heavy atom. The summed E-state index contributed by atoms with van der Waals surface area (Å²) in [5, 5.41) is 5.20. The van der Waals surface area contributed by atoms with Crippen molar-refractivity contribution in [3.63, 3.8) is 0 Å². The van der Waals surface area contributed by atoms with Crippen LogP contribution in [-0.4, -0.2) is 15.9 Å². The number of rotatable bonds is 3. The number of nitrogens with two attached hydrogens (primary N) is 1. The largest absolute Gasteiger partial charge is 0.382 e. The molecule has 0 radical (unpaired) electrons. The summed E-state index contributed by atoms with van der Waals surface area (Å²) in [6.45, 7) is 1.93. The van der Waals surface area contributed by atoms with Crippen LogP contribution in [0.1, 0.15) is 29.0 Å². The van der Waals surface area contributed by atoms with Crippen molar-refractivity contribution in [3.05, 3.63) is 66.1 Å². The second-order valence-electron chi connectivity index (χ2n) is 5.09. The van der Waals surface area contributed by atoms with Crippen LogP contribution in [0.2, 0.25) is 0 Å². The highest BCUT2D eigenvalue weighted by Crippen LogP contribution is 2.20. The maximum absolute atomic E-state index is 12.2. The van der Waals surface area contributed by atoms with E-state index < -0.39 is 0 Å². The summed E-state index contributed by atoms with van der Waals surface area (Å²) in [6.07, 6.45) is 2.91. The third kappa shape index (κ3) is 2.74. The standard InChI is InChI=1S/C17H16N4O/c1-11(21-17(22)15-16(18)20-9-8-19-15)13-7-6-12-4-2-3-5-14(12)10-13/h2-11H,1H3,(H2,18,20)(H,21,22). The van der Waals surface area contributed by atoms with Crippen LogP contribution in [-0.2, 0) is 0 Å². The Labute approximate surface area is 128 Å². The van der Waals surface area contributed by atoms with E-state index in [9.17, 15) is 4.79 Å². The predicted molar refractivity (Wildman–Crippen MR) is 86.3 cm³/mol. The molecule has 22 heavy (non-hydrogen) atoms. The van der Waals surface area contributed by atoms with Gasteiger partial charge in [0, 0.05) is 12.4 Å². The zero-order valence-electron chi connectivity index (χ0n) is 12.2. The number of carbonyl (C=O) groups is 1. The van der Waals surface area contributed by atoms with E-state index in [1.807, 2.05) is 37.3 Å². The molecule has 0 aliphatic carbocycles. The first-order chi connectivity index (χ1) is 10.6. The van der Waals surface area contributed by atoms with Crippen molar-refractivity contribution in [3.8, 4) is 0 Å². The van der Waals surface area contributed by atoms with E-state index >= 15 is 0 Å². The average Bonchev–Trinajstić information content (AvgIpc) is 2.54. The number of amides is 1. The van der Waals surface area contributed by atoms with Gasteiger partial charge >= 0.3 is 0 Å². The zero-order chi connectivity index (χ0) is 15.5. The van der Waals surface area contributed by atoms with E-state index in [-0.39, 0.29) is 23.5 Å². The van der Waals surface area contributed by atoms with Gasteiger partial charge in [0.2, 0.25) is 0 Å². The van der Waals surface area contributed by atoms with E-state index in [1.165, 1.54) is 17.8 Å². The van der Waals surface area contributed by atoms with Crippen LogP contribution in [0.25, 0.3) is 10.8 Å². The van der Waals surface area contributed by atoms with E-state index in [0.717, 1.165) is 10.9 Å². The normalized spacial score (nSPS) is 12.0. The van der Waals surface area contributed by atoms with Crippen LogP contribution in [0, 0.1) is 0 Å². The molecule has 5 nitrogen and oxygen atoms in total. The van der Waals surface area contributed by atoms with Crippen molar-refractivity contribution in [2.75, 3.05) is 5.73 Å². The quantitative estimate of drug-likeness (QED) is 0.777. The molecular formula is C17H16N4O. The smallest absolute Gasteiger partial charge is 0.274 e. The minimum absolute atomic E-state index is 0.130. The van der Waals surface area contributed by atoms with Gasteiger partial charge in [-0.05, 0) is 29.3 Å². The number of benzene rings is 2. The highest BCUT2D eigenvalue weighted by molar-refractivity contribution is 5.96. The monoisotopic (exact) mass is 292 g/mol. The number of nitrogens with zero attached hydrogens (tertiary/aromatic N) is 2. The number of aromatic nitrogens is 2. The maximum Gasteiger partial charge on any atom is 0.274 e. The number of anilines is 1. The minimum Gasteiger partial charge on any atom is -0.382 e. The van der Waals surface area contributed by atoms with Crippen LogP contribution in [0.4, 0.5) is 5.82 Å². The lowest BCUT2D eigenvalue weighted by Crippen LogP contribution is -2.28. The number of fused-ring (bicyclic) bond motifs is 1. The first-order valence-electron chi connectivity index (χ1n) is 7.01. The first-order valence-corrected chi connectivity index (χ1v) is 7.01. The van der Waals surface area contributed by atoms with Gasteiger partial charge in [0.05, 0.1) is 6.04 Å². The predicted octanol–water partition coefficient (Wildman–Crippen LogP) is 2.70. The van der Waals surface area contributed by atoms with E-state index in [0.29, 0.717) is 0 Å². The fourth-order valence-electron chi connectivity index (χ4n) is 2.35. The number of hydrogen-bond donors (Lipinski definition) is 2. The average molecular weight is 292 g/mol. The molecule has 0 aliphatic heterocycles. The van der Waals surface area contributed by atoms with Crippen molar-refractivity contribution in [2.24, 2.45) is 0 Å². The molecule has 1 atom stereocenters. The Morgan fingerprint density at radius 1 is 1.09 bits per heavy atom. The fourth-order valence-corrected chi connectivity index (χ4v) is 2.35. The van der Waals surface area contributed by atoms with Gasteiger partial charge in [-0.1, -0.05) is 36.4 Å². The minimum atomic E-state index is -0.328. The summed E-state index contributed by atoms with van der Waals surface area (Å²) in [5.74, 6) is -0.197. The third-order valence-corrected chi connectivity index (χ3v) is 3.56. The lowest BCUT2D eigenvalue weighted by molar-refractivity contribution is 0.0935. The van der Waals surface area contributed by atoms with Crippen LogP contribution in [0.15, 0.2) is 54.9 Å². The molecule has 1 unspecified atom stereocenters. The topological polar surface area (TPSA) is 80.9 Å². The fraction of sp³-hybridized carbons (Fsp3) is 0.118. The van der Waals surface area contributed by atoms with Gasteiger partial charge < -0.3 is 11.1 Å². The number of nitrogen functional groups attached to an aromatic ring is 1. The molecule has 0 bridgehead atoms. The second-order valence-corrected chi connectivity index (χ2v) is 5.09. The molecule has 1 heterocycles. The summed E-state index contributed by atoms with van der Waals surface area (Å²) in [4.78, 5) is 20.1. The van der Waals surface area contributed by atoms with Crippen LogP contribution in [0.5, 0.6) is 0 Å². The summed E-state index contributed by atoms with van der Waals surface area (Å²) in [5.41, 5.74) is 6.85. The Bertz CT molecular complexity index is 832. The Kier molecular flexibility index (Phi) is 3.70. The SMILES string of the molecule is CC(NC(=O)c1nccnc1N)c1ccc2ccccc2c1. The molecule has 1 amide bonds. The molecule has 110 valence electrons. The number of hydrogen-bond acceptors (Lipinski definition) is 4. The molecule has 0 fully saturated rings. The van der Waals surface area contributed by atoms with Crippen molar-refractivity contribution < 1.29 is 4.79 Å². The summed E-state index contributed by atoms with van der Waals surface area (Å²) in [7, 11) is 0. The number of carbonyl (C=O) groups excluding carboxylic acids is 1. The highest BCUT2D eigenvalue weighted by Gasteiger charge is 2.15. The Morgan fingerprint density at radius 3 is 2.59 bits per heavy atom. The second kappa shape index (κ2) is 5.81. The third-order valence-electron chi connectivity index (χ3n) is 3.56. The molecule has 0 spiro atoms. The molecule has 3 rings (SSSR count). The van der Waals surface area contributed by atoms with Crippen molar-refractivity contribution in [1.29, 1.82) is 0 Å². The van der Waals surface area contributed by atoms with Gasteiger partial charge in [0.1, 0.15) is 0 Å². The Hall–Kier alpha value is -2.95. The maximum atomic E-state index is 12.2. The van der Waals surface area contributed by atoms with Gasteiger partial charge in [-0.3, -0.25) is 4.79 Å².